The van der Waals surface area contributed by atoms with Crippen LogP contribution in [0.2, 0.25) is 5.02 Å². The topological polar surface area (TPSA) is 66.5 Å². The number of halogens is 1. The van der Waals surface area contributed by atoms with Gasteiger partial charge in [-0.1, -0.05) is 18.5 Å². The van der Waals surface area contributed by atoms with Crippen LogP contribution in [0.25, 0.3) is 0 Å². The fraction of sp³-hybridized carbons (Fsp3) is 0.400. The maximum absolute atomic E-state index is 9.60. The Bertz CT molecular complexity index is 328. The van der Waals surface area contributed by atoms with Crippen LogP contribution >= 0.6 is 11.6 Å². The lowest BCUT2D eigenvalue weighted by Gasteiger charge is -2.14. The molecule has 1 aromatic carbocycles. The lowest BCUT2D eigenvalue weighted by molar-refractivity contribution is 0.396. The van der Waals surface area contributed by atoms with Crippen molar-refractivity contribution >= 4 is 11.6 Å². The largest absolute Gasteiger partial charge is 0.504 e. The molecular formula is C10H14ClNO2. The van der Waals surface area contributed by atoms with Crippen molar-refractivity contribution < 1.29 is 10.2 Å². The van der Waals surface area contributed by atoms with Gasteiger partial charge in [0.15, 0.2) is 11.5 Å². The van der Waals surface area contributed by atoms with Gasteiger partial charge in [0.2, 0.25) is 0 Å². The molecule has 0 heterocycles. The van der Waals surface area contributed by atoms with Gasteiger partial charge in [-0.15, -0.1) is 0 Å². The molecule has 0 bridgehead atoms. The van der Waals surface area contributed by atoms with Crippen LogP contribution < -0.4 is 5.73 Å². The van der Waals surface area contributed by atoms with Crippen molar-refractivity contribution in [2.75, 3.05) is 6.54 Å². The number of benzene rings is 1. The van der Waals surface area contributed by atoms with E-state index in [1.807, 2.05) is 6.92 Å². The molecule has 0 spiro atoms. The van der Waals surface area contributed by atoms with Gasteiger partial charge in [-0.05, 0) is 31.0 Å². The molecule has 0 fully saturated rings. The molecule has 0 radical (unpaired) electrons. The number of hydrogen-bond acceptors (Lipinski definition) is 3. The molecule has 4 heteroatoms. The minimum absolute atomic E-state index is 0.0413. The number of aromatic hydroxyl groups is 2. The van der Waals surface area contributed by atoms with Crippen molar-refractivity contribution in [2.45, 2.75) is 19.3 Å². The van der Waals surface area contributed by atoms with Gasteiger partial charge in [0.25, 0.3) is 0 Å². The van der Waals surface area contributed by atoms with Crippen LogP contribution in [0.4, 0.5) is 0 Å². The Morgan fingerprint density at radius 1 is 1.43 bits per heavy atom. The average molecular weight is 216 g/mol. The first kappa shape index (κ1) is 11.1. The molecule has 1 atom stereocenters. The van der Waals surface area contributed by atoms with E-state index in [2.05, 4.69) is 0 Å². The summed E-state index contributed by atoms with van der Waals surface area (Å²) >= 11 is 5.92. The number of hydrogen-bond donors (Lipinski definition) is 3. The molecule has 14 heavy (non-hydrogen) atoms. The number of nitrogens with two attached hydrogens (primary N) is 1. The van der Waals surface area contributed by atoms with Gasteiger partial charge in [-0.25, -0.2) is 0 Å². The summed E-state index contributed by atoms with van der Waals surface area (Å²) in [7, 11) is 0. The van der Waals surface area contributed by atoms with Crippen molar-refractivity contribution in [3.8, 4) is 11.5 Å². The molecule has 0 aliphatic carbocycles. The fourth-order valence-electron chi connectivity index (χ4n) is 1.44. The van der Waals surface area contributed by atoms with Crippen LogP contribution in [0.15, 0.2) is 12.1 Å². The standard InChI is InChI=1S/C10H14ClNO2/c1-6(4-5-12)9-7(11)2-3-8(13)10(9)14/h2-3,6,13-14H,4-5,12H2,1H3. The zero-order chi connectivity index (χ0) is 10.7. The number of phenols is 2. The first-order chi connectivity index (χ1) is 6.57. The van der Waals surface area contributed by atoms with E-state index in [-0.39, 0.29) is 17.4 Å². The molecule has 4 N–H and O–H groups in total. The minimum Gasteiger partial charge on any atom is -0.504 e. The molecule has 1 aromatic rings. The summed E-state index contributed by atoms with van der Waals surface area (Å²) < 4.78 is 0. The summed E-state index contributed by atoms with van der Waals surface area (Å²) in [6.45, 7) is 2.43. The molecule has 78 valence electrons. The lowest BCUT2D eigenvalue weighted by Crippen LogP contribution is -2.05. The van der Waals surface area contributed by atoms with E-state index >= 15 is 0 Å². The predicted molar refractivity (Wildman–Crippen MR) is 56.9 cm³/mol. The van der Waals surface area contributed by atoms with Gasteiger partial charge in [0.05, 0.1) is 0 Å². The van der Waals surface area contributed by atoms with Gasteiger partial charge in [-0.2, -0.15) is 0 Å². The summed E-state index contributed by atoms with van der Waals surface area (Å²) in [6, 6.07) is 2.94. The maximum Gasteiger partial charge on any atom is 0.162 e. The molecule has 1 rings (SSSR count). The van der Waals surface area contributed by atoms with Crippen molar-refractivity contribution in [3.05, 3.63) is 22.7 Å². The lowest BCUT2D eigenvalue weighted by atomic mass is 9.96. The van der Waals surface area contributed by atoms with E-state index in [1.165, 1.54) is 6.07 Å². The smallest absolute Gasteiger partial charge is 0.162 e. The van der Waals surface area contributed by atoms with E-state index in [1.54, 1.807) is 6.07 Å². The predicted octanol–water partition coefficient (Wildman–Crippen LogP) is 2.20. The third-order valence-electron chi connectivity index (χ3n) is 2.24. The number of phenolic OH excluding ortho intramolecular Hbond substituents is 2. The Hall–Kier alpha value is -0.930. The molecule has 1 unspecified atom stereocenters. The van der Waals surface area contributed by atoms with Gasteiger partial charge in [-0.3, -0.25) is 0 Å². The molecule has 0 aliphatic heterocycles. The molecule has 0 saturated heterocycles. The van der Waals surface area contributed by atoms with Crippen LogP contribution in [0, 0.1) is 0 Å². The zero-order valence-electron chi connectivity index (χ0n) is 8.00. The highest BCUT2D eigenvalue weighted by atomic mass is 35.5. The molecule has 0 aromatic heterocycles. The van der Waals surface area contributed by atoms with Gasteiger partial charge < -0.3 is 15.9 Å². The second-order valence-corrected chi connectivity index (χ2v) is 3.71. The molecular weight excluding hydrogens is 202 g/mol. The highest BCUT2D eigenvalue weighted by Crippen LogP contribution is 2.39. The first-order valence-corrected chi connectivity index (χ1v) is 4.86. The van der Waals surface area contributed by atoms with E-state index in [4.69, 9.17) is 17.3 Å². The van der Waals surface area contributed by atoms with Crippen LogP contribution in [-0.4, -0.2) is 16.8 Å². The molecule has 3 nitrogen and oxygen atoms in total. The van der Waals surface area contributed by atoms with Gasteiger partial charge in [0.1, 0.15) is 0 Å². The van der Waals surface area contributed by atoms with E-state index in [9.17, 15) is 10.2 Å². The third-order valence-corrected chi connectivity index (χ3v) is 2.56. The number of rotatable bonds is 3. The molecule has 0 saturated carbocycles. The van der Waals surface area contributed by atoms with E-state index < -0.39 is 0 Å². The van der Waals surface area contributed by atoms with Crippen LogP contribution in [0.3, 0.4) is 0 Å². The van der Waals surface area contributed by atoms with Crippen LogP contribution in [-0.2, 0) is 0 Å². The van der Waals surface area contributed by atoms with E-state index in [0.29, 0.717) is 17.1 Å². The molecule has 0 aliphatic rings. The summed E-state index contributed by atoms with van der Waals surface area (Å²) in [5, 5.41) is 19.4. The summed E-state index contributed by atoms with van der Waals surface area (Å²) in [4.78, 5) is 0. The van der Waals surface area contributed by atoms with Crippen LogP contribution in [0.1, 0.15) is 24.8 Å². The van der Waals surface area contributed by atoms with Crippen molar-refractivity contribution in [3.63, 3.8) is 0 Å². The summed E-state index contributed by atoms with van der Waals surface area (Å²) in [5.74, 6) is -0.244. The fourth-order valence-corrected chi connectivity index (χ4v) is 1.77. The van der Waals surface area contributed by atoms with Gasteiger partial charge >= 0.3 is 0 Å². The Balaban J connectivity index is 3.11. The second kappa shape index (κ2) is 4.53. The monoisotopic (exact) mass is 215 g/mol. The van der Waals surface area contributed by atoms with E-state index in [0.717, 1.165) is 6.42 Å². The summed E-state index contributed by atoms with van der Waals surface area (Å²) in [5.41, 5.74) is 5.98. The zero-order valence-corrected chi connectivity index (χ0v) is 8.75. The normalized spacial score (nSPS) is 12.8. The maximum atomic E-state index is 9.60. The highest BCUT2D eigenvalue weighted by Gasteiger charge is 2.16. The quantitative estimate of drug-likeness (QED) is 0.678. The van der Waals surface area contributed by atoms with Crippen molar-refractivity contribution in [2.24, 2.45) is 5.73 Å². The highest BCUT2D eigenvalue weighted by molar-refractivity contribution is 6.31. The minimum atomic E-state index is -0.145. The second-order valence-electron chi connectivity index (χ2n) is 3.31. The first-order valence-electron chi connectivity index (χ1n) is 4.48. The SMILES string of the molecule is CC(CCN)c1c(Cl)ccc(O)c1O. The Morgan fingerprint density at radius 2 is 2.07 bits per heavy atom. The van der Waals surface area contributed by atoms with Crippen molar-refractivity contribution in [1.82, 2.24) is 0 Å². The van der Waals surface area contributed by atoms with Crippen molar-refractivity contribution in [1.29, 1.82) is 0 Å². The van der Waals surface area contributed by atoms with Crippen LogP contribution in [0.5, 0.6) is 11.5 Å². The van der Waals surface area contributed by atoms with Gasteiger partial charge in [0, 0.05) is 10.6 Å². The Labute approximate surface area is 88.1 Å². The summed E-state index contributed by atoms with van der Waals surface area (Å²) in [6.07, 6.45) is 0.719. The molecule has 0 amide bonds. The average Bonchev–Trinajstić information content (AvgIpc) is 2.13. The Kier molecular flexibility index (Phi) is 3.61. The third kappa shape index (κ3) is 2.11. The Morgan fingerprint density at radius 3 is 2.64 bits per heavy atom.